The van der Waals surface area contributed by atoms with E-state index in [0.717, 1.165) is 44.7 Å². The van der Waals surface area contributed by atoms with Gasteiger partial charge in [-0.25, -0.2) is 4.79 Å². The zero-order valence-corrected chi connectivity index (χ0v) is 14.5. The summed E-state index contributed by atoms with van der Waals surface area (Å²) >= 11 is 1.69. The van der Waals surface area contributed by atoms with Crippen LogP contribution < -0.4 is 11.1 Å². The van der Waals surface area contributed by atoms with Crippen LogP contribution in [0.3, 0.4) is 0 Å². The van der Waals surface area contributed by atoms with Gasteiger partial charge in [0, 0.05) is 30.2 Å². The average molecular weight is 325 g/mol. The minimum atomic E-state index is -0.421. The van der Waals surface area contributed by atoms with E-state index in [2.05, 4.69) is 5.32 Å². The summed E-state index contributed by atoms with van der Waals surface area (Å²) in [6.07, 6.45) is 1.85. The highest BCUT2D eigenvalue weighted by Crippen LogP contribution is 2.21. The van der Waals surface area contributed by atoms with Gasteiger partial charge in [-0.15, -0.1) is 11.3 Å². The molecule has 1 aliphatic rings. The summed E-state index contributed by atoms with van der Waals surface area (Å²) in [6.45, 7) is 9.06. The van der Waals surface area contributed by atoms with E-state index in [9.17, 15) is 4.79 Å². The third kappa shape index (κ3) is 5.18. The maximum Gasteiger partial charge on any atom is 0.410 e. The molecule has 2 rings (SSSR count). The number of amides is 1. The second-order valence-electron chi connectivity index (χ2n) is 6.84. The number of nitrogens with zero attached hydrogens (tertiary/aromatic N) is 1. The molecule has 3 N–H and O–H groups in total. The first-order chi connectivity index (χ1) is 10.3. The Hall–Kier alpha value is -1.27. The molecule has 0 unspecified atom stereocenters. The van der Waals surface area contributed by atoms with Gasteiger partial charge in [0.1, 0.15) is 5.60 Å². The van der Waals surface area contributed by atoms with E-state index in [4.69, 9.17) is 10.5 Å². The third-order valence-corrected chi connectivity index (χ3v) is 4.70. The normalized spacial score (nSPS) is 16.8. The number of rotatable bonds is 4. The lowest BCUT2D eigenvalue weighted by Gasteiger charge is -2.33. The number of piperidine rings is 1. The molecule has 1 saturated heterocycles. The van der Waals surface area contributed by atoms with Crippen molar-refractivity contribution < 1.29 is 9.53 Å². The van der Waals surface area contributed by atoms with E-state index < -0.39 is 5.60 Å². The van der Waals surface area contributed by atoms with Crippen molar-refractivity contribution in [2.75, 3.05) is 25.4 Å². The van der Waals surface area contributed by atoms with Crippen molar-refractivity contribution in [3.63, 3.8) is 0 Å². The van der Waals surface area contributed by atoms with Gasteiger partial charge in [-0.1, -0.05) is 0 Å². The molecule has 6 heteroatoms. The molecule has 0 bridgehead atoms. The number of hydrogen-bond donors (Lipinski definition) is 2. The van der Waals surface area contributed by atoms with Gasteiger partial charge in [-0.2, -0.15) is 0 Å². The Labute approximate surface area is 136 Å². The third-order valence-electron chi connectivity index (χ3n) is 3.76. The smallest absolute Gasteiger partial charge is 0.410 e. The molecule has 22 heavy (non-hydrogen) atoms. The topological polar surface area (TPSA) is 67.6 Å². The highest BCUT2D eigenvalue weighted by molar-refractivity contribution is 7.10. The first kappa shape index (κ1) is 17.1. The van der Waals surface area contributed by atoms with Crippen LogP contribution in [0.1, 0.15) is 38.5 Å². The van der Waals surface area contributed by atoms with Crippen molar-refractivity contribution in [3.8, 4) is 0 Å². The fourth-order valence-corrected chi connectivity index (χ4v) is 3.30. The second-order valence-corrected chi connectivity index (χ2v) is 7.84. The highest BCUT2D eigenvalue weighted by Gasteiger charge is 2.26. The number of carbonyl (C=O) groups excluding carboxylic acids is 1. The van der Waals surface area contributed by atoms with Crippen molar-refractivity contribution in [2.24, 2.45) is 5.92 Å². The molecule has 0 aliphatic carbocycles. The number of thiophene rings is 1. The molecule has 0 spiro atoms. The summed E-state index contributed by atoms with van der Waals surface area (Å²) in [7, 11) is 0. The fraction of sp³-hybridized carbons (Fsp3) is 0.688. The summed E-state index contributed by atoms with van der Waals surface area (Å²) in [4.78, 5) is 15.0. The molecule has 0 radical (unpaired) electrons. The molecule has 1 aliphatic heterocycles. The number of likely N-dealkylation sites (tertiary alicyclic amines) is 1. The second kappa shape index (κ2) is 7.33. The van der Waals surface area contributed by atoms with Crippen LogP contribution in [0.5, 0.6) is 0 Å². The molecule has 1 aromatic rings. The van der Waals surface area contributed by atoms with E-state index in [1.54, 1.807) is 11.3 Å². The first-order valence-electron chi connectivity index (χ1n) is 7.85. The van der Waals surface area contributed by atoms with E-state index >= 15 is 0 Å². The number of carbonyl (C=O) groups is 1. The first-order valence-corrected chi connectivity index (χ1v) is 8.73. The van der Waals surface area contributed by atoms with Crippen molar-refractivity contribution in [1.29, 1.82) is 0 Å². The zero-order valence-electron chi connectivity index (χ0n) is 13.7. The standard InChI is InChI=1S/C16H27N3O2S/c1-16(2,3)21-15(20)19-7-4-12(5-8-19)10-18-11-14-13(17)6-9-22-14/h6,9,12,18H,4-5,7-8,10-11,17H2,1-3H3. The van der Waals surface area contributed by atoms with Crippen LogP contribution in [-0.2, 0) is 11.3 Å². The Morgan fingerprint density at radius 3 is 2.68 bits per heavy atom. The van der Waals surface area contributed by atoms with Crippen molar-refractivity contribution in [3.05, 3.63) is 16.3 Å². The Kier molecular flexibility index (Phi) is 5.69. The fourth-order valence-electron chi connectivity index (χ4n) is 2.53. The van der Waals surface area contributed by atoms with Crippen LogP contribution in [0.4, 0.5) is 10.5 Å². The van der Waals surface area contributed by atoms with Crippen LogP contribution in [0.2, 0.25) is 0 Å². The molecule has 1 fully saturated rings. The number of nitrogen functional groups attached to an aromatic ring is 1. The Morgan fingerprint density at radius 2 is 2.14 bits per heavy atom. The number of nitrogens with two attached hydrogens (primary N) is 1. The van der Waals surface area contributed by atoms with E-state index in [1.807, 2.05) is 37.1 Å². The largest absolute Gasteiger partial charge is 0.444 e. The van der Waals surface area contributed by atoms with Gasteiger partial charge >= 0.3 is 6.09 Å². The molecule has 0 atom stereocenters. The summed E-state index contributed by atoms with van der Waals surface area (Å²) in [5.41, 5.74) is 6.33. The Bertz CT molecular complexity index is 488. The summed E-state index contributed by atoms with van der Waals surface area (Å²) in [5, 5.41) is 5.50. The zero-order chi connectivity index (χ0) is 16.2. The van der Waals surface area contributed by atoms with Crippen molar-refractivity contribution in [2.45, 2.75) is 45.8 Å². The summed E-state index contributed by atoms with van der Waals surface area (Å²) in [5.74, 6) is 0.611. The highest BCUT2D eigenvalue weighted by atomic mass is 32.1. The lowest BCUT2D eigenvalue weighted by molar-refractivity contribution is 0.0184. The number of nitrogens with one attached hydrogen (secondary N) is 1. The number of hydrogen-bond acceptors (Lipinski definition) is 5. The van der Waals surface area contributed by atoms with Crippen LogP contribution >= 0.6 is 11.3 Å². The average Bonchev–Trinajstić information content (AvgIpc) is 2.83. The minimum Gasteiger partial charge on any atom is -0.444 e. The van der Waals surface area contributed by atoms with Gasteiger partial charge in [0.15, 0.2) is 0 Å². The molecule has 2 heterocycles. The van der Waals surface area contributed by atoms with E-state index in [1.165, 1.54) is 4.88 Å². The SMILES string of the molecule is CC(C)(C)OC(=O)N1CCC(CNCc2sccc2N)CC1. The van der Waals surface area contributed by atoms with Gasteiger partial charge in [-0.05, 0) is 57.5 Å². The molecule has 0 saturated carbocycles. The molecule has 5 nitrogen and oxygen atoms in total. The monoisotopic (exact) mass is 325 g/mol. The Morgan fingerprint density at radius 1 is 1.45 bits per heavy atom. The van der Waals surface area contributed by atoms with Gasteiger partial charge in [-0.3, -0.25) is 0 Å². The number of anilines is 1. The van der Waals surface area contributed by atoms with Crippen LogP contribution in [-0.4, -0.2) is 36.2 Å². The molecular formula is C16H27N3O2S. The van der Waals surface area contributed by atoms with E-state index in [-0.39, 0.29) is 6.09 Å². The number of ether oxygens (including phenoxy) is 1. The maximum atomic E-state index is 12.0. The molecular weight excluding hydrogens is 298 g/mol. The van der Waals surface area contributed by atoms with Gasteiger partial charge in [0.05, 0.1) is 0 Å². The van der Waals surface area contributed by atoms with Gasteiger partial charge in [0.2, 0.25) is 0 Å². The lowest BCUT2D eigenvalue weighted by Crippen LogP contribution is -2.43. The summed E-state index contributed by atoms with van der Waals surface area (Å²) in [6, 6.07) is 1.95. The van der Waals surface area contributed by atoms with Crippen LogP contribution in [0.25, 0.3) is 0 Å². The molecule has 0 aromatic carbocycles. The van der Waals surface area contributed by atoms with E-state index in [0.29, 0.717) is 5.92 Å². The van der Waals surface area contributed by atoms with Crippen LogP contribution in [0.15, 0.2) is 11.4 Å². The summed E-state index contributed by atoms with van der Waals surface area (Å²) < 4.78 is 5.41. The molecule has 124 valence electrons. The lowest BCUT2D eigenvalue weighted by atomic mass is 9.97. The molecule has 1 aromatic heterocycles. The van der Waals surface area contributed by atoms with Gasteiger partial charge < -0.3 is 20.7 Å². The molecule has 1 amide bonds. The predicted molar refractivity (Wildman–Crippen MR) is 91.0 cm³/mol. The Balaban J connectivity index is 1.67. The van der Waals surface area contributed by atoms with Gasteiger partial charge in [0.25, 0.3) is 0 Å². The quantitative estimate of drug-likeness (QED) is 0.893. The van der Waals surface area contributed by atoms with Crippen molar-refractivity contribution in [1.82, 2.24) is 10.2 Å². The minimum absolute atomic E-state index is 0.190. The maximum absolute atomic E-state index is 12.0. The predicted octanol–water partition coefficient (Wildman–Crippen LogP) is 3.07. The van der Waals surface area contributed by atoms with Crippen LogP contribution in [0, 0.1) is 5.92 Å². The van der Waals surface area contributed by atoms with Crippen molar-refractivity contribution >= 4 is 23.1 Å².